The van der Waals surface area contributed by atoms with Crippen molar-refractivity contribution in [3.05, 3.63) is 11.5 Å². The first-order valence-electron chi connectivity index (χ1n) is 6.26. The molecule has 2 aliphatic carbocycles. The summed E-state index contributed by atoms with van der Waals surface area (Å²) >= 11 is 0. The molecule has 4 atom stereocenters. The van der Waals surface area contributed by atoms with Gasteiger partial charge in [0.25, 0.3) is 0 Å². The van der Waals surface area contributed by atoms with E-state index in [1.54, 1.807) is 0 Å². The average molecular weight is 272 g/mol. The van der Waals surface area contributed by atoms with Gasteiger partial charge in [-0.1, -0.05) is 13.8 Å². The molecule has 2 bridgehead atoms. The van der Waals surface area contributed by atoms with Gasteiger partial charge >= 0.3 is 5.97 Å². The molecule has 0 heterocycles. The fraction of sp³-hybridized carbons (Fsp3) is 0.769. The first-order valence-corrected chi connectivity index (χ1v) is 7.64. The van der Waals surface area contributed by atoms with Gasteiger partial charge in [0.05, 0.1) is 6.10 Å². The van der Waals surface area contributed by atoms with E-state index in [2.05, 4.69) is 13.8 Å². The number of carbonyl (C=O) groups is 1. The number of fused-ring (bicyclic) bond motifs is 2. The van der Waals surface area contributed by atoms with E-state index in [0.717, 1.165) is 25.3 Å². The second kappa shape index (κ2) is 4.46. The van der Waals surface area contributed by atoms with Crippen molar-refractivity contribution in [1.82, 2.24) is 0 Å². The molecule has 0 unspecified atom stereocenters. The van der Waals surface area contributed by atoms with Gasteiger partial charge in [-0.05, 0) is 30.6 Å². The maximum atomic E-state index is 12.0. The molecule has 0 aliphatic heterocycles. The number of hydrogen-bond acceptors (Lipinski definition) is 3. The van der Waals surface area contributed by atoms with Crippen molar-refractivity contribution in [1.29, 1.82) is 0 Å². The van der Waals surface area contributed by atoms with Crippen LogP contribution in [0.5, 0.6) is 0 Å². The second-order valence-corrected chi connectivity index (χ2v) is 7.35. The molecule has 102 valence electrons. The molecular formula is C13H20O4S. The zero-order valence-electron chi connectivity index (χ0n) is 10.8. The normalized spacial score (nSPS) is 39.3. The lowest BCUT2D eigenvalue weighted by Crippen LogP contribution is -2.43. The van der Waals surface area contributed by atoms with Gasteiger partial charge in [0.2, 0.25) is 0 Å². The van der Waals surface area contributed by atoms with Crippen LogP contribution in [0.25, 0.3) is 0 Å². The van der Waals surface area contributed by atoms with Crippen molar-refractivity contribution in [2.24, 2.45) is 16.7 Å². The molecule has 0 spiro atoms. The Kier molecular flexibility index (Phi) is 3.40. The molecule has 2 fully saturated rings. The number of aliphatic carboxylic acids is 1. The topological polar surface area (TPSA) is 74.6 Å². The number of carboxylic acid groups (broad SMARTS) is 1. The molecule has 5 heteroatoms. The molecule has 0 aromatic rings. The first-order chi connectivity index (χ1) is 8.29. The summed E-state index contributed by atoms with van der Waals surface area (Å²) in [6.07, 6.45) is 3.26. The summed E-state index contributed by atoms with van der Waals surface area (Å²) in [5.74, 6) is -0.231. The summed E-state index contributed by atoms with van der Waals surface area (Å²) in [5.41, 5.74) is -0.329. The number of rotatable bonds is 4. The van der Waals surface area contributed by atoms with Crippen LogP contribution in [0, 0.1) is 16.7 Å². The van der Waals surface area contributed by atoms with Crippen molar-refractivity contribution < 1.29 is 19.2 Å². The summed E-state index contributed by atoms with van der Waals surface area (Å²) in [4.78, 5) is 10.4. The number of carboxylic acids is 1. The second-order valence-electron chi connectivity index (χ2n) is 6.03. The highest BCUT2D eigenvalue weighted by Crippen LogP contribution is 2.65. The van der Waals surface area contributed by atoms with Gasteiger partial charge in [-0.2, -0.15) is 0 Å². The van der Waals surface area contributed by atoms with Gasteiger partial charge in [0.1, 0.15) is 0 Å². The fourth-order valence-electron chi connectivity index (χ4n) is 3.82. The summed E-state index contributed by atoms with van der Waals surface area (Å²) in [7, 11) is -1.33. The molecule has 0 amide bonds. The van der Waals surface area contributed by atoms with Crippen LogP contribution in [0.4, 0.5) is 0 Å². The van der Waals surface area contributed by atoms with E-state index in [1.165, 1.54) is 5.41 Å². The molecular weight excluding hydrogens is 252 g/mol. The van der Waals surface area contributed by atoms with Crippen LogP contribution in [0.2, 0.25) is 0 Å². The van der Waals surface area contributed by atoms with Gasteiger partial charge in [0, 0.05) is 33.5 Å². The SMILES string of the molecule is CC1(C)[C@@H]2CC[C@@]1(C[S@@](=O)/C=C\C(=O)O)[C@H](O)C2. The Morgan fingerprint density at radius 2 is 2.17 bits per heavy atom. The lowest BCUT2D eigenvalue weighted by atomic mass is 9.70. The summed E-state index contributed by atoms with van der Waals surface area (Å²) in [6.45, 7) is 4.28. The largest absolute Gasteiger partial charge is 0.478 e. The maximum Gasteiger partial charge on any atom is 0.328 e. The zero-order chi connectivity index (χ0) is 13.6. The quantitative estimate of drug-likeness (QED) is 0.761. The van der Waals surface area contributed by atoms with Crippen molar-refractivity contribution in [2.45, 2.75) is 39.2 Å². The minimum absolute atomic E-state index is 0.0147. The molecule has 18 heavy (non-hydrogen) atoms. The summed E-state index contributed by atoms with van der Waals surface area (Å²) in [6, 6.07) is 0. The van der Waals surface area contributed by atoms with Crippen molar-refractivity contribution in [2.75, 3.05) is 5.75 Å². The highest BCUT2D eigenvalue weighted by atomic mass is 32.2. The molecule has 2 saturated carbocycles. The predicted molar refractivity (Wildman–Crippen MR) is 69.3 cm³/mol. The predicted octanol–water partition coefficient (Wildman–Crippen LogP) is 1.52. The van der Waals surface area contributed by atoms with E-state index in [1.807, 2.05) is 0 Å². The monoisotopic (exact) mass is 272 g/mol. The molecule has 0 saturated heterocycles. The number of hydrogen-bond donors (Lipinski definition) is 2. The summed E-state index contributed by atoms with van der Waals surface area (Å²) < 4.78 is 12.0. The molecule has 0 aromatic heterocycles. The van der Waals surface area contributed by atoms with Gasteiger partial charge < -0.3 is 10.2 Å². The maximum absolute atomic E-state index is 12.0. The Hall–Kier alpha value is -0.680. The van der Waals surface area contributed by atoms with Crippen molar-refractivity contribution in [3.63, 3.8) is 0 Å². The molecule has 0 radical (unpaired) electrons. The Morgan fingerprint density at radius 1 is 1.50 bits per heavy atom. The minimum Gasteiger partial charge on any atom is -0.478 e. The van der Waals surface area contributed by atoms with Crippen molar-refractivity contribution in [3.8, 4) is 0 Å². The van der Waals surface area contributed by atoms with Crippen LogP contribution in [0.15, 0.2) is 11.5 Å². The van der Waals surface area contributed by atoms with Gasteiger partial charge in [-0.25, -0.2) is 4.79 Å². The minimum atomic E-state index is -1.33. The first kappa shape index (κ1) is 13.7. The van der Waals surface area contributed by atoms with Crippen molar-refractivity contribution >= 4 is 16.8 Å². The zero-order valence-corrected chi connectivity index (χ0v) is 11.6. The van der Waals surface area contributed by atoms with E-state index < -0.39 is 22.9 Å². The fourth-order valence-corrected chi connectivity index (χ4v) is 5.40. The van der Waals surface area contributed by atoms with Crippen LogP contribution < -0.4 is 0 Å². The lowest BCUT2D eigenvalue weighted by Gasteiger charge is -2.39. The van der Waals surface area contributed by atoms with Gasteiger partial charge in [0.15, 0.2) is 0 Å². The van der Waals surface area contributed by atoms with E-state index in [4.69, 9.17) is 5.11 Å². The highest BCUT2D eigenvalue weighted by molar-refractivity contribution is 7.88. The van der Waals surface area contributed by atoms with E-state index in [0.29, 0.717) is 11.7 Å². The van der Waals surface area contributed by atoms with E-state index in [9.17, 15) is 14.1 Å². The lowest BCUT2D eigenvalue weighted by molar-refractivity contribution is -0.131. The standard InChI is InChI=1S/C13H20O4S/c1-12(2)9-3-5-13(12,10(14)7-9)8-18(17)6-4-11(15)16/h4,6,9-10,14H,3,5,7-8H2,1-2H3,(H,15,16)/b6-4-/t9-,10-,13-,18+/m1/s1. The highest BCUT2D eigenvalue weighted by Gasteiger charge is 2.63. The Labute approximate surface area is 110 Å². The van der Waals surface area contributed by atoms with Crippen LogP contribution in [-0.2, 0) is 15.6 Å². The molecule has 2 rings (SSSR count). The third-order valence-corrected chi connectivity index (χ3v) is 6.39. The van der Waals surface area contributed by atoms with Crippen LogP contribution in [-0.4, -0.2) is 32.2 Å². The van der Waals surface area contributed by atoms with Gasteiger partial charge in [-0.15, -0.1) is 0 Å². The average Bonchev–Trinajstić information content (AvgIpc) is 2.60. The van der Waals surface area contributed by atoms with Crippen LogP contribution >= 0.6 is 0 Å². The third-order valence-electron chi connectivity index (χ3n) is 5.15. The molecule has 0 aromatic carbocycles. The number of aliphatic hydroxyl groups is 1. The molecule has 2 aliphatic rings. The number of aliphatic hydroxyl groups excluding tert-OH is 1. The Morgan fingerprint density at radius 3 is 2.61 bits per heavy atom. The smallest absolute Gasteiger partial charge is 0.328 e. The molecule has 4 nitrogen and oxygen atoms in total. The van der Waals surface area contributed by atoms with Crippen LogP contribution in [0.3, 0.4) is 0 Å². The third kappa shape index (κ3) is 1.93. The van der Waals surface area contributed by atoms with E-state index >= 15 is 0 Å². The van der Waals surface area contributed by atoms with Crippen LogP contribution in [0.1, 0.15) is 33.1 Å². The van der Waals surface area contributed by atoms with Gasteiger partial charge in [-0.3, -0.25) is 4.21 Å². The summed E-state index contributed by atoms with van der Waals surface area (Å²) in [5, 5.41) is 20.0. The van der Waals surface area contributed by atoms with E-state index in [-0.39, 0.29) is 10.8 Å². The Balaban J connectivity index is 2.16. The Bertz CT molecular complexity index is 415. The molecule has 2 N–H and O–H groups in total.